The molecule has 4 aliphatic rings. The fourth-order valence-corrected chi connectivity index (χ4v) is 9.11. The molecule has 6 rings (SSSR count). The van der Waals surface area contributed by atoms with Crippen LogP contribution in [-0.4, -0.2) is 72.8 Å². The van der Waals surface area contributed by atoms with Crippen LogP contribution in [0.15, 0.2) is 40.0 Å². The molecular weight excluding hydrogens is 652 g/mol. The van der Waals surface area contributed by atoms with Crippen LogP contribution < -0.4 is 10.0 Å². The number of sulfonamides is 1. The Labute approximate surface area is 268 Å². The molecule has 0 bridgehead atoms. The highest BCUT2D eigenvalue weighted by Crippen LogP contribution is 2.61. The fraction of sp³-hybridized carbons (Fsp3) is 0.517. The van der Waals surface area contributed by atoms with Gasteiger partial charge in [-0.05, 0) is 52.0 Å². The van der Waals surface area contributed by atoms with Gasteiger partial charge in [0.25, 0.3) is 0 Å². The number of thiazole rings is 1. The van der Waals surface area contributed by atoms with Gasteiger partial charge in [0, 0.05) is 47.4 Å². The van der Waals surface area contributed by atoms with Gasteiger partial charge in [0.2, 0.25) is 10.0 Å². The number of rotatable bonds is 7. The zero-order valence-electron chi connectivity index (χ0n) is 24.9. The molecule has 2 aliphatic carbocycles. The number of hydrogen-bond acceptors (Lipinski definition) is 10. The summed E-state index contributed by atoms with van der Waals surface area (Å²) in [5.74, 6) is -3.31. The van der Waals surface area contributed by atoms with Crippen molar-refractivity contribution in [2.24, 2.45) is 16.8 Å². The first-order valence-electron chi connectivity index (χ1n) is 14.4. The molecule has 1 aromatic heterocycles. The molecule has 1 amide bonds. The number of amidine groups is 1. The number of fused-ring (bicyclic) bond motifs is 1. The Morgan fingerprint density at radius 3 is 2.56 bits per heavy atom. The molecule has 4 unspecified atom stereocenters. The molecule has 1 saturated heterocycles. The first-order chi connectivity index (χ1) is 21.1. The van der Waals surface area contributed by atoms with Gasteiger partial charge in [-0.1, -0.05) is 17.7 Å². The van der Waals surface area contributed by atoms with Crippen molar-refractivity contribution in [1.82, 2.24) is 19.9 Å². The van der Waals surface area contributed by atoms with Crippen molar-refractivity contribution in [3.05, 3.63) is 62.2 Å². The van der Waals surface area contributed by atoms with Gasteiger partial charge >= 0.3 is 12.1 Å². The van der Waals surface area contributed by atoms with E-state index in [1.807, 2.05) is 0 Å². The van der Waals surface area contributed by atoms with Gasteiger partial charge in [-0.25, -0.2) is 36.5 Å². The molecule has 2 aromatic rings. The Morgan fingerprint density at radius 2 is 1.98 bits per heavy atom. The van der Waals surface area contributed by atoms with Gasteiger partial charge in [-0.15, -0.1) is 11.3 Å². The van der Waals surface area contributed by atoms with Gasteiger partial charge in [0.05, 0.1) is 17.7 Å². The first kappa shape index (κ1) is 31.8. The topological polar surface area (TPSA) is 139 Å². The quantitative estimate of drug-likeness (QED) is 0.326. The number of esters is 1. The number of benzene rings is 1. The molecule has 0 spiro atoms. The number of aromatic nitrogens is 1. The van der Waals surface area contributed by atoms with Gasteiger partial charge in [-0.2, -0.15) is 0 Å². The zero-order chi connectivity index (χ0) is 32.5. The number of halogens is 3. The molecule has 3 fully saturated rings. The maximum atomic E-state index is 14.6. The Balaban J connectivity index is 1.28. The van der Waals surface area contributed by atoms with E-state index in [0.717, 1.165) is 6.07 Å². The minimum absolute atomic E-state index is 0.0257. The minimum atomic E-state index is -3.79. The number of nitrogens with one attached hydrogen (secondary N) is 2. The largest absolute Gasteiger partial charge is 0.466 e. The molecule has 4 atom stereocenters. The van der Waals surface area contributed by atoms with E-state index in [4.69, 9.17) is 21.1 Å². The van der Waals surface area contributed by atoms with Crippen molar-refractivity contribution in [2.45, 2.75) is 62.5 Å². The van der Waals surface area contributed by atoms with Crippen molar-refractivity contribution < 1.29 is 36.3 Å². The average Bonchev–Trinajstić information content (AvgIpc) is 3.47. The number of ether oxygens (including phenoxy) is 2. The third-order valence-corrected chi connectivity index (χ3v) is 11.8. The maximum Gasteiger partial charge on any atom is 0.410 e. The van der Waals surface area contributed by atoms with Gasteiger partial charge in [0.1, 0.15) is 16.9 Å². The van der Waals surface area contributed by atoms with Crippen LogP contribution in [0.3, 0.4) is 0 Å². The molecular formula is C29H32ClF2N5O6S2. The zero-order valence-corrected chi connectivity index (χ0v) is 27.3. The lowest BCUT2D eigenvalue weighted by Gasteiger charge is -2.64. The van der Waals surface area contributed by atoms with E-state index in [-0.39, 0.29) is 36.1 Å². The molecule has 2 aliphatic heterocycles. The predicted octanol–water partition coefficient (Wildman–Crippen LogP) is 4.30. The number of carbonyl (C=O) groups is 2. The summed E-state index contributed by atoms with van der Waals surface area (Å²) in [6.45, 7) is 5.28. The van der Waals surface area contributed by atoms with Gasteiger partial charge < -0.3 is 19.7 Å². The Hall–Kier alpha value is -3.14. The molecule has 1 aromatic carbocycles. The molecule has 16 heteroatoms. The number of allylic oxidation sites excluding steroid dienone is 1. The van der Waals surface area contributed by atoms with Gasteiger partial charge in [0.15, 0.2) is 22.5 Å². The second-order valence-corrected chi connectivity index (χ2v) is 15.9. The van der Waals surface area contributed by atoms with Crippen molar-refractivity contribution in [3.8, 4) is 0 Å². The highest BCUT2D eigenvalue weighted by molar-refractivity contribution is 7.90. The van der Waals surface area contributed by atoms with Crippen molar-refractivity contribution >= 4 is 50.9 Å². The second kappa shape index (κ2) is 11.3. The SMILES string of the molecule is COC(=O)C1=C(C2CC3(NS(=O)(=O)C4CN(C(=O)OC(C)(C)C)C4)CCC23)NC(c2nccs2)=NC1c1ccc(F)c(F)c1Cl. The summed E-state index contributed by atoms with van der Waals surface area (Å²) >= 11 is 7.55. The summed E-state index contributed by atoms with van der Waals surface area (Å²) in [6.07, 6.45) is 2.68. The Morgan fingerprint density at radius 1 is 1.24 bits per heavy atom. The molecule has 45 heavy (non-hydrogen) atoms. The Bertz CT molecular complexity index is 1720. The predicted molar refractivity (Wildman–Crippen MR) is 162 cm³/mol. The molecule has 2 N–H and O–H groups in total. The van der Waals surface area contributed by atoms with E-state index in [0.29, 0.717) is 35.8 Å². The van der Waals surface area contributed by atoms with E-state index in [9.17, 15) is 26.8 Å². The fourth-order valence-electron chi connectivity index (χ4n) is 6.44. The summed E-state index contributed by atoms with van der Waals surface area (Å²) in [4.78, 5) is 36.0. The summed E-state index contributed by atoms with van der Waals surface area (Å²) in [5.41, 5.74) is -0.819. The minimum Gasteiger partial charge on any atom is -0.466 e. The second-order valence-electron chi connectivity index (χ2n) is 12.7. The molecule has 2 saturated carbocycles. The lowest BCUT2D eigenvalue weighted by atomic mass is 9.47. The standard InChI is InChI=1S/C29H32ClF2N5O6S2/c1-28(2,3)43-27(39)37-12-14(13-37)45(40,41)36-29-8-7-17(29)16(11-29)23-19(26(38)42-4)22(15-5-6-18(31)21(32)20(15)30)34-24(35-23)25-33-9-10-44-25/h5-6,9-10,14,16-17,22,36H,7-8,11-13H2,1-4H3,(H,34,35). The number of nitrogens with zero attached hydrogens (tertiary/aromatic N) is 3. The van der Waals surface area contributed by atoms with Crippen LogP contribution in [-0.2, 0) is 24.3 Å². The molecule has 242 valence electrons. The van der Waals surface area contributed by atoms with Gasteiger partial charge in [-0.3, -0.25) is 4.99 Å². The number of hydrogen-bond donors (Lipinski definition) is 2. The highest BCUT2D eigenvalue weighted by atomic mass is 35.5. The summed E-state index contributed by atoms with van der Waals surface area (Å²) in [7, 11) is -2.58. The van der Waals surface area contributed by atoms with Crippen LogP contribution >= 0.6 is 22.9 Å². The number of carbonyl (C=O) groups excluding carboxylic acids is 2. The van der Waals surface area contributed by atoms with Crippen molar-refractivity contribution in [1.29, 1.82) is 0 Å². The Kier molecular flexibility index (Phi) is 7.98. The first-order valence-corrected chi connectivity index (χ1v) is 17.2. The molecule has 0 radical (unpaired) electrons. The van der Waals surface area contributed by atoms with Crippen LogP contribution in [0.4, 0.5) is 13.6 Å². The van der Waals surface area contributed by atoms with E-state index < -0.39 is 61.2 Å². The van der Waals surface area contributed by atoms with Crippen LogP contribution in [0.5, 0.6) is 0 Å². The van der Waals surface area contributed by atoms with Crippen molar-refractivity contribution in [3.63, 3.8) is 0 Å². The van der Waals surface area contributed by atoms with E-state index in [1.54, 1.807) is 32.3 Å². The number of methoxy groups -OCH3 is 1. The summed E-state index contributed by atoms with van der Waals surface area (Å²) < 4.78 is 68.8. The lowest BCUT2D eigenvalue weighted by Crippen LogP contribution is -2.73. The van der Waals surface area contributed by atoms with E-state index >= 15 is 0 Å². The van der Waals surface area contributed by atoms with Crippen LogP contribution in [0.1, 0.15) is 56.6 Å². The number of amides is 1. The third kappa shape index (κ3) is 5.61. The number of aliphatic imine (C=N–C) groups is 1. The monoisotopic (exact) mass is 683 g/mol. The molecule has 3 heterocycles. The van der Waals surface area contributed by atoms with Crippen LogP contribution in [0.25, 0.3) is 0 Å². The smallest absolute Gasteiger partial charge is 0.410 e. The number of likely N-dealkylation sites (tertiary alicyclic amines) is 1. The van der Waals surface area contributed by atoms with Crippen LogP contribution in [0, 0.1) is 23.5 Å². The summed E-state index contributed by atoms with van der Waals surface area (Å²) in [6, 6.07) is 1.06. The normalized spacial score (nSPS) is 26.5. The lowest BCUT2D eigenvalue weighted by molar-refractivity contribution is -0.136. The summed E-state index contributed by atoms with van der Waals surface area (Å²) in [5, 5.41) is 4.21. The average molecular weight is 684 g/mol. The maximum absolute atomic E-state index is 14.6. The van der Waals surface area contributed by atoms with Crippen LogP contribution in [0.2, 0.25) is 5.02 Å². The van der Waals surface area contributed by atoms with Crippen molar-refractivity contribution in [2.75, 3.05) is 20.2 Å². The third-order valence-electron chi connectivity index (χ3n) is 8.81. The van der Waals surface area contributed by atoms with E-state index in [1.165, 1.54) is 29.4 Å². The molecule has 11 nitrogen and oxygen atoms in total. The van der Waals surface area contributed by atoms with E-state index in [2.05, 4.69) is 20.0 Å². The highest BCUT2D eigenvalue weighted by Gasteiger charge is 2.64.